The minimum absolute atomic E-state index is 0.175. The first-order valence-corrected chi connectivity index (χ1v) is 8.32. The van der Waals surface area contributed by atoms with Gasteiger partial charge in [0.05, 0.1) is 16.9 Å². The quantitative estimate of drug-likeness (QED) is 0.558. The number of halogens is 1. The fraction of sp³-hybridized carbons (Fsp3) is 0. The Morgan fingerprint density at radius 3 is 2.62 bits per heavy atom. The zero-order chi connectivity index (χ0) is 18.1. The number of carbonyl (C=O) groups excluding carboxylic acids is 1. The predicted molar refractivity (Wildman–Crippen MR) is 102 cm³/mol. The second-order valence-electron chi connectivity index (χ2n) is 5.74. The van der Waals surface area contributed by atoms with Crippen molar-refractivity contribution in [2.75, 3.05) is 5.32 Å². The van der Waals surface area contributed by atoms with Gasteiger partial charge in [-0.1, -0.05) is 41.9 Å². The highest BCUT2D eigenvalue weighted by molar-refractivity contribution is 6.33. The minimum atomic E-state index is -0.319. The van der Waals surface area contributed by atoms with E-state index in [2.05, 4.69) is 10.3 Å². The Morgan fingerprint density at radius 2 is 1.81 bits per heavy atom. The van der Waals surface area contributed by atoms with Gasteiger partial charge in [0.2, 0.25) is 0 Å². The fourth-order valence-electron chi connectivity index (χ4n) is 2.77. The molecular formula is C20H14ClN3O2. The molecule has 4 aromatic rings. The highest BCUT2D eigenvalue weighted by atomic mass is 35.5. The monoisotopic (exact) mass is 363 g/mol. The van der Waals surface area contributed by atoms with Crippen LogP contribution >= 0.6 is 11.6 Å². The summed E-state index contributed by atoms with van der Waals surface area (Å²) in [5, 5.41) is 13.3. The number of aromatic nitrogens is 2. The summed E-state index contributed by atoms with van der Waals surface area (Å²) in [4.78, 5) is 16.9. The number of phenols is 1. The van der Waals surface area contributed by atoms with Crippen LogP contribution < -0.4 is 5.32 Å². The number of nitrogens with zero attached hydrogens (tertiary/aromatic N) is 2. The van der Waals surface area contributed by atoms with Crippen LogP contribution in [0.4, 0.5) is 5.69 Å². The van der Waals surface area contributed by atoms with Crippen LogP contribution in [0.2, 0.25) is 5.02 Å². The molecule has 0 unspecified atom stereocenters. The van der Waals surface area contributed by atoms with E-state index in [9.17, 15) is 9.90 Å². The van der Waals surface area contributed by atoms with Crippen LogP contribution in [0.1, 0.15) is 10.5 Å². The van der Waals surface area contributed by atoms with Gasteiger partial charge in [-0.15, -0.1) is 0 Å². The zero-order valence-corrected chi connectivity index (χ0v) is 14.3. The molecule has 2 aromatic carbocycles. The van der Waals surface area contributed by atoms with Gasteiger partial charge < -0.3 is 10.4 Å². The summed E-state index contributed by atoms with van der Waals surface area (Å²) >= 11 is 6.11. The van der Waals surface area contributed by atoms with Crippen molar-refractivity contribution in [3.63, 3.8) is 0 Å². The molecule has 128 valence electrons. The SMILES string of the molecule is O=C(Nc1ccccc1Cl)c1cnc2ccc(-c3ccccc3O)cn12. The average Bonchev–Trinajstić information content (AvgIpc) is 3.07. The van der Waals surface area contributed by atoms with E-state index in [-0.39, 0.29) is 11.7 Å². The number of carbonyl (C=O) groups is 1. The summed E-state index contributed by atoms with van der Waals surface area (Å²) in [7, 11) is 0. The number of pyridine rings is 1. The Balaban J connectivity index is 1.74. The van der Waals surface area contributed by atoms with Crippen molar-refractivity contribution in [1.82, 2.24) is 9.38 Å². The van der Waals surface area contributed by atoms with Gasteiger partial charge >= 0.3 is 0 Å². The molecule has 2 heterocycles. The van der Waals surface area contributed by atoms with Crippen LogP contribution in [0.15, 0.2) is 73.1 Å². The molecule has 0 atom stereocenters. The van der Waals surface area contributed by atoms with Gasteiger partial charge in [0, 0.05) is 17.3 Å². The first-order chi connectivity index (χ1) is 12.6. The molecule has 0 spiro atoms. The average molecular weight is 364 g/mol. The van der Waals surface area contributed by atoms with Crippen LogP contribution in [0, 0.1) is 0 Å². The number of anilines is 1. The normalized spacial score (nSPS) is 10.8. The summed E-state index contributed by atoms with van der Waals surface area (Å²) in [6.45, 7) is 0. The number of hydrogen-bond acceptors (Lipinski definition) is 3. The maximum absolute atomic E-state index is 12.7. The molecule has 6 heteroatoms. The van der Waals surface area contributed by atoms with Crippen LogP contribution in [-0.2, 0) is 0 Å². The molecule has 2 aromatic heterocycles. The van der Waals surface area contributed by atoms with E-state index in [4.69, 9.17) is 11.6 Å². The number of imidazole rings is 1. The lowest BCUT2D eigenvalue weighted by molar-refractivity contribution is 0.102. The van der Waals surface area contributed by atoms with E-state index in [0.29, 0.717) is 27.6 Å². The van der Waals surface area contributed by atoms with E-state index in [1.807, 2.05) is 18.2 Å². The summed E-state index contributed by atoms with van der Waals surface area (Å²) in [5.41, 5.74) is 3.00. The second kappa shape index (κ2) is 6.54. The third-order valence-electron chi connectivity index (χ3n) is 4.08. The van der Waals surface area contributed by atoms with E-state index >= 15 is 0 Å². The van der Waals surface area contributed by atoms with Crippen molar-refractivity contribution in [3.05, 3.63) is 83.8 Å². The lowest BCUT2D eigenvalue weighted by atomic mass is 10.1. The Morgan fingerprint density at radius 1 is 1.04 bits per heavy atom. The van der Waals surface area contributed by atoms with Gasteiger partial charge in [0.15, 0.2) is 0 Å². The number of amides is 1. The lowest BCUT2D eigenvalue weighted by Gasteiger charge is -2.08. The first kappa shape index (κ1) is 16.2. The first-order valence-electron chi connectivity index (χ1n) is 7.95. The maximum Gasteiger partial charge on any atom is 0.274 e. The fourth-order valence-corrected chi connectivity index (χ4v) is 2.96. The Hall–Kier alpha value is -3.31. The van der Waals surface area contributed by atoms with Crippen molar-refractivity contribution in [2.24, 2.45) is 0 Å². The van der Waals surface area contributed by atoms with E-state index in [1.165, 1.54) is 6.20 Å². The third-order valence-corrected chi connectivity index (χ3v) is 4.40. The van der Waals surface area contributed by atoms with Gasteiger partial charge in [-0.25, -0.2) is 4.98 Å². The van der Waals surface area contributed by atoms with Crippen LogP contribution in [0.5, 0.6) is 5.75 Å². The van der Waals surface area contributed by atoms with Crippen molar-refractivity contribution in [1.29, 1.82) is 0 Å². The molecule has 0 bridgehead atoms. The van der Waals surface area contributed by atoms with Crippen LogP contribution in [0.25, 0.3) is 16.8 Å². The number of nitrogens with one attached hydrogen (secondary N) is 1. The summed E-state index contributed by atoms with van der Waals surface area (Å²) < 4.78 is 1.69. The maximum atomic E-state index is 12.7. The molecule has 0 radical (unpaired) electrons. The number of phenolic OH excluding ortho intramolecular Hbond substituents is 1. The number of aromatic hydroxyl groups is 1. The molecule has 1 amide bonds. The highest BCUT2D eigenvalue weighted by Gasteiger charge is 2.14. The van der Waals surface area contributed by atoms with Gasteiger partial charge in [-0.3, -0.25) is 9.20 Å². The Kier molecular flexibility index (Phi) is 4.07. The number of para-hydroxylation sites is 2. The number of rotatable bonds is 3. The molecule has 0 saturated heterocycles. The molecule has 5 nitrogen and oxygen atoms in total. The Bertz CT molecular complexity index is 1120. The molecule has 2 N–H and O–H groups in total. The smallest absolute Gasteiger partial charge is 0.274 e. The van der Waals surface area contributed by atoms with Crippen LogP contribution in [-0.4, -0.2) is 20.4 Å². The van der Waals surface area contributed by atoms with E-state index in [1.54, 1.807) is 53.1 Å². The summed E-state index contributed by atoms with van der Waals surface area (Å²) in [6, 6.07) is 17.7. The van der Waals surface area contributed by atoms with E-state index in [0.717, 1.165) is 5.56 Å². The van der Waals surface area contributed by atoms with Gasteiger partial charge in [-0.2, -0.15) is 0 Å². The van der Waals surface area contributed by atoms with Gasteiger partial charge in [0.25, 0.3) is 5.91 Å². The standard InChI is InChI=1S/C20H14ClN3O2/c21-15-6-2-3-7-16(15)23-20(26)17-11-22-19-10-9-13(12-24(17)19)14-5-1-4-8-18(14)25/h1-12,25H,(H,23,26). The molecule has 0 aliphatic heterocycles. The van der Waals surface area contributed by atoms with Crippen molar-refractivity contribution in [3.8, 4) is 16.9 Å². The lowest BCUT2D eigenvalue weighted by Crippen LogP contribution is -2.14. The predicted octanol–water partition coefficient (Wildman–Crippen LogP) is 4.61. The largest absolute Gasteiger partial charge is 0.507 e. The molecule has 0 fully saturated rings. The molecule has 0 aliphatic carbocycles. The molecule has 26 heavy (non-hydrogen) atoms. The number of benzene rings is 2. The third kappa shape index (κ3) is 2.89. The summed E-state index contributed by atoms with van der Waals surface area (Å²) in [5.74, 6) is -0.144. The van der Waals surface area contributed by atoms with Gasteiger partial charge in [0.1, 0.15) is 17.1 Å². The van der Waals surface area contributed by atoms with Gasteiger partial charge in [-0.05, 0) is 30.3 Å². The summed E-state index contributed by atoms with van der Waals surface area (Å²) in [6.07, 6.45) is 3.29. The van der Waals surface area contributed by atoms with E-state index < -0.39 is 0 Å². The topological polar surface area (TPSA) is 66.6 Å². The van der Waals surface area contributed by atoms with Crippen molar-refractivity contribution >= 4 is 28.8 Å². The zero-order valence-electron chi connectivity index (χ0n) is 13.6. The molecule has 0 saturated carbocycles. The Labute approximate surface area is 154 Å². The molecule has 0 aliphatic rings. The van der Waals surface area contributed by atoms with Crippen LogP contribution in [0.3, 0.4) is 0 Å². The van der Waals surface area contributed by atoms with Crippen molar-refractivity contribution < 1.29 is 9.90 Å². The highest BCUT2D eigenvalue weighted by Crippen LogP contribution is 2.29. The van der Waals surface area contributed by atoms with Crippen molar-refractivity contribution in [2.45, 2.75) is 0 Å². The number of fused-ring (bicyclic) bond motifs is 1. The second-order valence-corrected chi connectivity index (χ2v) is 6.15. The minimum Gasteiger partial charge on any atom is -0.507 e. The molecule has 4 rings (SSSR count). The molecular weight excluding hydrogens is 350 g/mol. The number of hydrogen-bond donors (Lipinski definition) is 2.